The van der Waals surface area contributed by atoms with Crippen molar-refractivity contribution in [2.45, 2.75) is 39.2 Å². The highest BCUT2D eigenvalue weighted by Gasteiger charge is 2.17. The van der Waals surface area contributed by atoms with Gasteiger partial charge in [-0.15, -0.1) is 0 Å². The standard InChI is InChI=1S/C19H25N3O4/c1-12(11-14-5-7-15(26-4)8-6-14)22(3)17(23)10-9-16-13(2)20-19(25)21-18(16)24/h5-8,12H,9-11H2,1-4H3,(H2,20,21,24,25)/t12-/m0/s1. The molecular weight excluding hydrogens is 334 g/mol. The molecule has 0 unspecified atom stereocenters. The second-order valence-electron chi connectivity index (χ2n) is 6.42. The lowest BCUT2D eigenvalue weighted by molar-refractivity contribution is -0.131. The fourth-order valence-electron chi connectivity index (χ4n) is 2.82. The molecule has 1 aromatic carbocycles. The summed E-state index contributed by atoms with van der Waals surface area (Å²) < 4.78 is 5.15. The van der Waals surface area contributed by atoms with Crippen LogP contribution < -0.4 is 16.0 Å². The van der Waals surface area contributed by atoms with Crippen LogP contribution >= 0.6 is 0 Å². The quantitative estimate of drug-likeness (QED) is 0.781. The van der Waals surface area contributed by atoms with Gasteiger partial charge in [-0.3, -0.25) is 14.6 Å². The van der Waals surface area contributed by atoms with Gasteiger partial charge in [0, 0.05) is 30.8 Å². The third kappa shape index (κ3) is 4.84. The summed E-state index contributed by atoms with van der Waals surface area (Å²) in [5.74, 6) is 0.753. The van der Waals surface area contributed by atoms with Crippen LogP contribution in [0.15, 0.2) is 33.9 Å². The first kappa shape index (κ1) is 19.5. The molecule has 0 fully saturated rings. The minimum Gasteiger partial charge on any atom is -0.497 e. The molecule has 0 aliphatic rings. The molecule has 0 bridgehead atoms. The van der Waals surface area contributed by atoms with Crippen molar-refractivity contribution in [2.75, 3.05) is 14.2 Å². The third-order valence-electron chi connectivity index (χ3n) is 4.59. The van der Waals surface area contributed by atoms with Gasteiger partial charge in [0.15, 0.2) is 0 Å². The van der Waals surface area contributed by atoms with Crippen molar-refractivity contribution >= 4 is 5.91 Å². The topological polar surface area (TPSA) is 95.3 Å². The molecular formula is C19H25N3O4. The first-order chi connectivity index (χ1) is 12.3. The summed E-state index contributed by atoms with van der Waals surface area (Å²) in [5, 5.41) is 0. The Kier molecular flexibility index (Phi) is 6.38. The lowest BCUT2D eigenvalue weighted by Gasteiger charge is -2.25. The van der Waals surface area contributed by atoms with Crippen LogP contribution in [0.3, 0.4) is 0 Å². The average molecular weight is 359 g/mol. The summed E-state index contributed by atoms with van der Waals surface area (Å²) in [6.07, 6.45) is 1.22. The molecule has 0 spiro atoms. The van der Waals surface area contributed by atoms with Crippen LogP contribution in [0.2, 0.25) is 0 Å². The molecule has 0 aliphatic carbocycles. The van der Waals surface area contributed by atoms with Gasteiger partial charge in [0.1, 0.15) is 5.75 Å². The number of amides is 1. The van der Waals surface area contributed by atoms with Crippen molar-refractivity contribution in [2.24, 2.45) is 0 Å². The maximum atomic E-state index is 12.5. The van der Waals surface area contributed by atoms with Gasteiger partial charge in [0.25, 0.3) is 5.56 Å². The van der Waals surface area contributed by atoms with Gasteiger partial charge in [0.05, 0.1) is 7.11 Å². The number of carbonyl (C=O) groups is 1. The summed E-state index contributed by atoms with van der Waals surface area (Å²) in [6.45, 7) is 3.65. The lowest BCUT2D eigenvalue weighted by Crippen LogP contribution is -2.37. The Morgan fingerprint density at radius 2 is 1.85 bits per heavy atom. The third-order valence-corrected chi connectivity index (χ3v) is 4.59. The monoisotopic (exact) mass is 359 g/mol. The van der Waals surface area contributed by atoms with E-state index in [4.69, 9.17) is 4.74 Å². The van der Waals surface area contributed by atoms with Crippen LogP contribution in [0, 0.1) is 6.92 Å². The molecule has 26 heavy (non-hydrogen) atoms. The highest BCUT2D eigenvalue weighted by molar-refractivity contribution is 5.76. The number of nitrogens with one attached hydrogen (secondary N) is 2. The number of hydrogen-bond acceptors (Lipinski definition) is 4. The van der Waals surface area contributed by atoms with E-state index in [0.717, 1.165) is 17.7 Å². The van der Waals surface area contributed by atoms with Crippen molar-refractivity contribution in [1.82, 2.24) is 14.9 Å². The van der Waals surface area contributed by atoms with E-state index >= 15 is 0 Å². The van der Waals surface area contributed by atoms with Crippen LogP contribution in [-0.2, 0) is 17.6 Å². The molecule has 1 amide bonds. The average Bonchev–Trinajstić information content (AvgIpc) is 2.60. The predicted molar refractivity (Wildman–Crippen MR) is 99.7 cm³/mol. The number of rotatable bonds is 7. The highest BCUT2D eigenvalue weighted by Crippen LogP contribution is 2.14. The maximum Gasteiger partial charge on any atom is 0.325 e. The van der Waals surface area contributed by atoms with Crippen LogP contribution in [0.5, 0.6) is 5.75 Å². The Morgan fingerprint density at radius 1 is 1.19 bits per heavy atom. The van der Waals surface area contributed by atoms with E-state index in [0.29, 0.717) is 11.3 Å². The first-order valence-electron chi connectivity index (χ1n) is 8.52. The number of aromatic amines is 2. The Hall–Kier alpha value is -2.83. The van der Waals surface area contributed by atoms with Crippen LogP contribution in [-0.4, -0.2) is 41.0 Å². The van der Waals surface area contributed by atoms with Gasteiger partial charge >= 0.3 is 5.69 Å². The molecule has 2 rings (SSSR count). The number of H-pyrrole nitrogens is 2. The highest BCUT2D eigenvalue weighted by atomic mass is 16.5. The fraction of sp³-hybridized carbons (Fsp3) is 0.421. The SMILES string of the molecule is COc1ccc(C[C@H](C)N(C)C(=O)CCc2c(C)[nH]c(=O)[nH]c2=O)cc1. The summed E-state index contributed by atoms with van der Waals surface area (Å²) in [5.41, 5.74) is 1.08. The Morgan fingerprint density at radius 3 is 2.42 bits per heavy atom. The first-order valence-corrected chi connectivity index (χ1v) is 8.52. The molecule has 0 aliphatic heterocycles. The largest absolute Gasteiger partial charge is 0.497 e. The summed E-state index contributed by atoms with van der Waals surface area (Å²) in [6, 6.07) is 7.78. The molecule has 2 N–H and O–H groups in total. The number of hydrogen-bond donors (Lipinski definition) is 2. The van der Waals surface area contributed by atoms with E-state index < -0.39 is 11.2 Å². The molecule has 1 heterocycles. The second-order valence-corrected chi connectivity index (χ2v) is 6.42. The van der Waals surface area contributed by atoms with E-state index in [1.54, 1.807) is 26.0 Å². The lowest BCUT2D eigenvalue weighted by atomic mass is 10.0. The molecule has 0 saturated carbocycles. The number of ether oxygens (including phenoxy) is 1. The Labute approximate surface area is 152 Å². The van der Waals surface area contributed by atoms with Gasteiger partial charge in [-0.1, -0.05) is 12.1 Å². The fourth-order valence-corrected chi connectivity index (χ4v) is 2.82. The van der Waals surface area contributed by atoms with Crippen LogP contribution in [0.4, 0.5) is 0 Å². The number of aryl methyl sites for hydroxylation is 1. The molecule has 1 aromatic heterocycles. The molecule has 1 atom stereocenters. The van der Waals surface area contributed by atoms with E-state index in [-0.39, 0.29) is 24.8 Å². The van der Waals surface area contributed by atoms with E-state index in [1.807, 2.05) is 31.2 Å². The van der Waals surface area contributed by atoms with Crippen LogP contribution in [0.25, 0.3) is 0 Å². The van der Waals surface area contributed by atoms with E-state index in [2.05, 4.69) is 9.97 Å². The zero-order valence-corrected chi connectivity index (χ0v) is 15.6. The predicted octanol–water partition coefficient (Wildman–Crippen LogP) is 1.40. The molecule has 140 valence electrons. The van der Waals surface area contributed by atoms with Gasteiger partial charge in [-0.05, 0) is 44.4 Å². The van der Waals surface area contributed by atoms with Gasteiger partial charge in [0.2, 0.25) is 5.91 Å². The molecule has 7 heteroatoms. The molecule has 0 saturated heterocycles. The van der Waals surface area contributed by atoms with Gasteiger partial charge < -0.3 is 14.6 Å². The van der Waals surface area contributed by atoms with Gasteiger partial charge in [-0.2, -0.15) is 0 Å². The van der Waals surface area contributed by atoms with Crippen LogP contribution in [0.1, 0.15) is 30.2 Å². The number of nitrogens with zero attached hydrogens (tertiary/aromatic N) is 1. The second kappa shape index (κ2) is 8.51. The zero-order chi connectivity index (χ0) is 19.3. The molecule has 2 aromatic rings. The normalized spacial score (nSPS) is 11.8. The zero-order valence-electron chi connectivity index (χ0n) is 15.6. The van der Waals surface area contributed by atoms with E-state index in [1.165, 1.54) is 0 Å². The Balaban J connectivity index is 1.96. The number of carbonyl (C=O) groups excluding carboxylic acids is 1. The minimum atomic E-state index is -0.534. The van der Waals surface area contributed by atoms with Crippen molar-refractivity contribution in [1.29, 1.82) is 0 Å². The summed E-state index contributed by atoms with van der Waals surface area (Å²) >= 11 is 0. The van der Waals surface area contributed by atoms with Crippen molar-refractivity contribution in [3.05, 3.63) is 61.9 Å². The maximum absolute atomic E-state index is 12.5. The van der Waals surface area contributed by atoms with Crippen molar-refractivity contribution in [3.8, 4) is 5.75 Å². The minimum absolute atomic E-state index is 0.0193. The number of benzene rings is 1. The van der Waals surface area contributed by atoms with Gasteiger partial charge in [-0.25, -0.2) is 4.79 Å². The number of methoxy groups -OCH3 is 1. The molecule has 7 nitrogen and oxygen atoms in total. The summed E-state index contributed by atoms with van der Waals surface area (Å²) in [7, 11) is 3.39. The number of aromatic nitrogens is 2. The Bertz CT molecular complexity index is 868. The van der Waals surface area contributed by atoms with E-state index in [9.17, 15) is 14.4 Å². The van der Waals surface area contributed by atoms with Crippen molar-refractivity contribution < 1.29 is 9.53 Å². The summed E-state index contributed by atoms with van der Waals surface area (Å²) in [4.78, 5) is 42.0. The smallest absolute Gasteiger partial charge is 0.325 e. The number of likely N-dealkylation sites (N-methyl/N-ethyl adjacent to an activating group) is 1. The molecule has 0 radical (unpaired) electrons. The van der Waals surface area contributed by atoms with Crippen molar-refractivity contribution in [3.63, 3.8) is 0 Å².